The summed E-state index contributed by atoms with van der Waals surface area (Å²) >= 11 is 18.0. The van der Waals surface area contributed by atoms with Gasteiger partial charge >= 0.3 is 0 Å². The van der Waals surface area contributed by atoms with Gasteiger partial charge in [-0.2, -0.15) is 5.26 Å². The van der Waals surface area contributed by atoms with Crippen molar-refractivity contribution in [3.05, 3.63) is 55.4 Å². The van der Waals surface area contributed by atoms with Crippen molar-refractivity contribution >= 4 is 34.8 Å². The van der Waals surface area contributed by atoms with E-state index in [0.717, 1.165) is 0 Å². The number of nitrogens with zero attached hydrogens (tertiary/aromatic N) is 1. The minimum atomic E-state index is -0.318. The lowest BCUT2D eigenvalue weighted by molar-refractivity contribution is 1.15. The molecule has 0 saturated carbocycles. The summed E-state index contributed by atoms with van der Waals surface area (Å²) in [4.78, 5) is 14.4. The highest BCUT2D eigenvalue weighted by molar-refractivity contribution is 6.45. The van der Waals surface area contributed by atoms with Gasteiger partial charge in [0.1, 0.15) is 0 Å². The van der Waals surface area contributed by atoms with Crippen molar-refractivity contribution in [2.75, 3.05) is 0 Å². The molecule has 6 heteroatoms. The summed E-state index contributed by atoms with van der Waals surface area (Å²) in [7, 11) is 0. The van der Waals surface area contributed by atoms with E-state index in [0.29, 0.717) is 21.7 Å². The third kappa shape index (κ3) is 2.93. The van der Waals surface area contributed by atoms with Crippen molar-refractivity contribution in [3.8, 4) is 17.2 Å². The maximum atomic E-state index is 11.9. The van der Waals surface area contributed by atoms with E-state index in [1.165, 1.54) is 12.3 Å². The van der Waals surface area contributed by atoms with Gasteiger partial charge in [0.05, 0.1) is 22.5 Å². The molecule has 0 saturated heterocycles. The molecule has 96 valence electrons. The first kappa shape index (κ1) is 14.0. The number of hydrogen-bond donors (Lipinski definition) is 1. The molecule has 0 aliphatic heterocycles. The SMILES string of the molecule is N#CCc1c[nH]c(=O)c(-c2cc(Cl)cc(Cl)c2Cl)c1. The number of H-pyrrole nitrogens is 1. The molecule has 1 heterocycles. The van der Waals surface area contributed by atoms with Gasteiger partial charge in [-0.15, -0.1) is 0 Å². The third-order valence-corrected chi connectivity index (χ3v) is 3.55. The van der Waals surface area contributed by atoms with Gasteiger partial charge in [-0.25, -0.2) is 0 Å². The highest BCUT2D eigenvalue weighted by Crippen LogP contribution is 2.35. The van der Waals surface area contributed by atoms with Gasteiger partial charge in [0.2, 0.25) is 0 Å². The summed E-state index contributed by atoms with van der Waals surface area (Å²) in [5, 5.41) is 9.59. The van der Waals surface area contributed by atoms with Crippen LogP contribution in [0.5, 0.6) is 0 Å². The van der Waals surface area contributed by atoms with Crippen molar-refractivity contribution in [2.45, 2.75) is 6.42 Å². The summed E-state index contributed by atoms with van der Waals surface area (Å²) in [6.07, 6.45) is 1.69. The fraction of sp³-hybridized carbons (Fsp3) is 0.0769. The Morgan fingerprint density at radius 3 is 2.58 bits per heavy atom. The van der Waals surface area contributed by atoms with Crippen molar-refractivity contribution in [3.63, 3.8) is 0 Å². The second-order valence-electron chi connectivity index (χ2n) is 3.83. The number of benzene rings is 1. The van der Waals surface area contributed by atoms with Crippen LogP contribution in [0.15, 0.2) is 29.2 Å². The highest BCUT2D eigenvalue weighted by Gasteiger charge is 2.13. The topological polar surface area (TPSA) is 56.6 Å². The molecule has 0 radical (unpaired) electrons. The maximum absolute atomic E-state index is 11.9. The second kappa shape index (κ2) is 5.66. The zero-order valence-corrected chi connectivity index (χ0v) is 11.8. The number of nitrogens with one attached hydrogen (secondary N) is 1. The van der Waals surface area contributed by atoms with Crippen LogP contribution in [-0.4, -0.2) is 4.98 Å². The van der Waals surface area contributed by atoms with Crippen molar-refractivity contribution in [2.24, 2.45) is 0 Å². The summed E-state index contributed by atoms with van der Waals surface area (Å²) in [5.41, 5.74) is 1.15. The smallest absolute Gasteiger partial charge is 0.255 e. The fourth-order valence-corrected chi connectivity index (χ4v) is 2.38. The van der Waals surface area contributed by atoms with Crippen LogP contribution < -0.4 is 5.56 Å². The lowest BCUT2D eigenvalue weighted by Crippen LogP contribution is -2.09. The zero-order chi connectivity index (χ0) is 14.0. The van der Waals surface area contributed by atoms with E-state index in [-0.39, 0.29) is 22.0 Å². The molecule has 2 aromatic rings. The van der Waals surface area contributed by atoms with Gasteiger partial charge in [0.25, 0.3) is 5.56 Å². The van der Waals surface area contributed by atoms with E-state index < -0.39 is 0 Å². The van der Waals surface area contributed by atoms with Crippen LogP contribution >= 0.6 is 34.8 Å². The Bertz CT molecular complexity index is 732. The molecule has 0 bridgehead atoms. The quantitative estimate of drug-likeness (QED) is 0.850. The molecule has 0 atom stereocenters. The molecule has 0 fully saturated rings. The van der Waals surface area contributed by atoms with Crippen LogP contribution in [0, 0.1) is 11.3 Å². The Morgan fingerprint density at radius 2 is 1.89 bits per heavy atom. The minimum absolute atomic E-state index is 0.190. The number of rotatable bonds is 2. The lowest BCUT2D eigenvalue weighted by Gasteiger charge is -2.07. The van der Waals surface area contributed by atoms with Gasteiger partial charge in [0, 0.05) is 22.3 Å². The number of aromatic amines is 1. The molecule has 1 aromatic heterocycles. The van der Waals surface area contributed by atoms with Crippen LogP contribution in [0.3, 0.4) is 0 Å². The Kier molecular flexibility index (Phi) is 4.16. The van der Waals surface area contributed by atoms with E-state index >= 15 is 0 Å². The van der Waals surface area contributed by atoms with Crippen molar-refractivity contribution in [1.29, 1.82) is 5.26 Å². The van der Waals surface area contributed by atoms with Crippen LogP contribution in [0.2, 0.25) is 15.1 Å². The number of nitriles is 1. The first-order valence-electron chi connectivity index (χ1n) is 5.26. The first-order chi connectivity index (χ1) is 9.02. The molecule has 3 nitrogen and oxygen atoms in total. The van der Waals surface area contributed by atoms with E-state index in [2.05, 4.69) is 4.98 Å². The highest BCUT2D eigenvalue weighted by atomic mass is 35.5. The van der Waals surface area contributed by atoms with Gasteiger partial charge in [-0.05, 0) is 23.8 Å². The minimum Gasteiger partial charge on any atom is -0.328 e. The molecular formula is C13H7Cl3N2O. The largest absolute Gasteiger partial charge is 0.328 e. The number of halogens is 3. The monoisotopic (exact) mass is 312 g/mol. The van der Waals surface area contributed by atoms with Crippen LogP contribution in [0.4, 0.5) is 0 Å². The Labute approximate surface area is 124 Å². The molecule has 0 spiro atoms. The average Bonchev–Trinajstić information content (AvgIpc) is 2.36. The molecule has 1 N–H and O–H groups in total. The lowest BCUT2D eigenvalue weighted by atomic mass is 10.0. The second-order valence-corrected chi connectivity index (χ2v) is 5.06. The molecule has 0 aliphatic rings. The molecule has 0 unspecified atom stereocenters. The van der Waals surface area contributed by atoms with E-state index in [4.69, 9.17) is 40.1 Å². The molecule has 0 amide bonds. The van der Waals surface area contributed by atoms with Crippen LogP contribution in [-0.2, 0) is 6.42 Å². The molecular weight excluding hydrogens is 307 g/mol. The number of aromatic nitrogens is 1. The van der Waals surface area contributed by atoms with Gasteiger partial charge in [0.15, 0.2) is 0 Å². The van der Waals surface area contributed by atoms with E-state index in [1.807, 2.05) is 6.07 Å². The molecule has 19 heavy (non-hydrogen) atoms. The Morgan fingerprint density at radius 1 is 1.16 bits per heavy atom. The Balaban J connectivity index is 2.68. The number of pyridine rings is 1. The van der Waals surface area contributed by atoms with Gasteiger partial charge in [-0.3, -0.25) is 4.79 Å². The first-order valence-corrected chi connectivity index (χ1v) is 6.40. The predicted octanol–water partition coefficient (Wildman–Crippen LogP) is 4.07. The average molecular weight is 314 g/mol. The third-order valence-electron chi connectivity index (χ3n) is 2.53. The van der Waals surface area contributed by atoms with Crippen molar-refractivity contribution in [1.82, 2.24) is 4.98 Å². The Hall–Kier alpha value is -1.47. The van der Waals surface area contributed by atoms with E-state index in [9.17, 15) is 4.79 Å². The molecule has 1 aromatic carbocycles. The summed E-state index contributed by atoms with van der Waals surface area (Å²) in [6, 6.07) is 6.69. The van der Waals surface area contributed by atoms with Crippen LogP contribution in [0.1, 0.15) is 5.56 Å². The van der Waals surface area contributed by atoms with Crippen LogP contribution in [0.25, 0.3) is 11.1 Å². The molecule has 2 rings (SSSR count). The predicted molar refractivity (Wildman–Crippen MR) is 76.8 cm³/mol. The van der Waals surface area contributed by atoms with E-state index in [1.54, 1.807) is 12.1 Å². The van der Waals surface area contributed by atoms with Gasteiger partial charge < -0.3 is 4.98 Å². The zero-order valence-electron chi connectivity index (χ0n) is 9.51. The fourth-order valence-electron chi connectivity index (χ4n) is 1.67. The standard InChI is InChI=1S/C13H7Cl3N2O/c14-8-4-9(12(16)11(15)5-8)10-3-7(1-2-17)6-18-13(10)19/h3-6H,1H2,(H,18,19). The van der Waals surface area contributed by atoms with Crippen molar-refractivity contribution < 1.29 is 0 Å². The maximum Gasteiger partial charge on any atom is 0.255 e. The normalized spacial score (nSPS) is 10.2. The summed E-state index contributed by atoms with van der Waals surface area (Å²) < 4.78 is 0. The molecule has 0 aliphatic carbocycles. The number of hydrogen-bond acceptors (Lipinski definition) is 2. The summed E-state index contributed by atoms with van der Waals surface area (Å²) in [5.74, 6) is 0. The summed E-state index contributed by atoms with van der Waals surface area (Å²) in [6.45, 7) is 0. The van der Waals surface area contributed by atoms with Gasteiger partial charge in [-0.1, -0.05) is 34.8 Å².